The van der Waals surface area contributed by atoms with Crippen molar-refractivity contribution < 1.29 is 46.5 Å². The summed E-state index contributed by atoms with van der Waals surface area (Å²) in [5.74, 6) is 5.11. The molecule has 5 heteroatoms. The maximum Gasteiger partial charge on any atom is 2.00 e. The van der Waals surface area contributed by atoms with Gasteiger partial charge in [-0.1, -0.05) is 38.9 Å². The van der Waals surface area contributed by atoms with Gasteiger partial charge < -0.3 is 24.8 Å². The Morgan fingerprint density at radius 3 is 1.13 bits per heavy atom. The second kappa shape index (κ2) is 25.7. The third-order valence-electron chi connectivity index (χ3n) is 5.77. The predicted molar refractivity (Wildman–Crippen MR) is 159 cm³/mol. The van der Waals surface area contributed by atoms with Crippen LogP contribution in [0.3, 0.4) is 0 Å². The molecule has 0 saturated heterocycles. The summed E-state index contributed by atoms with van der Waals surface area (Å²) in [6, 6.07) is 41.5. The molecule has 1 aliphatic carbocycles. The normalized spacial score (nSPS) is 14.6. The van der Waals surface area contributed by atoms with E-state index in [2.05, 4.69) is 76.7 Å². The van der Waals surface area contributed by atoms with Gasteiger partial charge in [0.25, 0.3) is 0 Å². The number of halogens is 2. The van der Waals surface area contributed by atoms with E-state index >= 15 is 0 Å². The van der Waals surface area contributed by atoms with Crippen LogP contribution in [-0.2, 0) is 21.7 Å². The van der Waals surface area contributed by atoms with Gasteiger partial charge in [0.2, 0.25) is 0 Å². The molecule has 0 spiro atoms. The second-order valence-corrected chi connectivity index (χ2v) is 12.8. The smallest absolute Gasteiger partial charge is 1.00 e. The molecule has 1 heterocycles. The minimum Gasteiger partial charge on any atom is -1.00 e. The standard InChI is InChI=1S/C11H19Si.3C6H5.C4H4P.2ClH.Ti/c1-8-7-11(4,12(5)6)10(3)9(8)2;3*1-2-4-6-5-3-1;1-2-4-5-3-1;;;/h12H,1-6H3;3*1-5H;1-3,5H;2*1H;/q5*-1;;;+2/p-2. The fourth-order valence-corrected chi connectivity index (χ4v) is 5.16. The van der Waals surface area contributed by atoms with Crippen molar-refractivity contribution in [3.63, 3.8) is 0 Å². The molecule has 202 valence electrons. The van der Waals surface area contributed by atoms with Gasteiger partial charge in [-0.3, -0.25) is 14.3 Å². The summed E-state index contributed by atoms with van der Waals surface area (Å²) in [4.78, 5) is 0. The van der Waals surface area contributed by atoms with Crippen molar-refractivity contribution in [2.24, 2.45) is 0 Å². The van der Waals surface area contributed by atoms with Crippen LogP contribution in [0.1, 0.15) is 27.7 Å². The van der Waals surface area contributed by atoms with Crippen LogP contribution in [0.2, 0.25) is 18.1 Å². The molecular formula is C33H38Cl2PSiTi-5. The quantitative estimate of drug-likeness (QED) is 0.229. The van der Waals surface area contributed by atoms with E-state index in [0.717, 1.165) is 8.19 Å². The molecule has 0 fully saturated rings. The topological polar surface area (TPSA) is 0 Å². The van der Waals surface area contributed by atoms with E-state index in [-0.39, 0.29) is 46.5 Å². The average molecular weight is 613 g/mol. The van der Waals surface area contributed by atoms with Crippen LogP contribution in [0.5, 0.6) is 0 Å². The summed E-state index contributed by atoms with van der Waals surface area (Å²) in [5, 5.41) is 0.328. The van der Waals surface area contributed by atoms with Crippen molar-refractivity contribution in [1.82, 2.24) is 0 Å². The molecule has 0 saturated carbocycles. The Morgan fingerprint density at radius 1 is 0.632 bits per heavy atom. The SMILES string of the molecule is CC1=[C-]C(C)([SiH](C)C)C(C)=C1C.[Cl-].[Cl-].[Ti+2].[c-]1ccc[pH]1.[c-]1ccccc1.[c-]1ccccc1.[c-]1ccccc1. The second-order valence-electron chi connectivity index (χ2n) is 8.40. The van der Waals surface area contributed by atoms with E-state index in [1.54, 1.807) is 5.57 Å². The molecule has 1 aromatic heterocycles. The predicted octanol–water partition coefficient (Wildman–Crippen LogP) is 3.32. The molecule has 4 aromatic rings. The van der Waals surface area contributed by atoms with Crippen LogP contribution < -0.4 is 24.8 Å². The van der Waals surface area contributed by atoms with Gasteiger partial charge in [-0.25, -0.2) is 11.6 Å². The molecule has 0 N–H and O–H groups in total. The number of hydrogen-bond acceptors (Lipinski definition) is 0. The first kappa shape index (κ1) is 40.9. The molecule has 0 aliphatic heterocycles. The van der Waals surface area contributed by atoms with E-state index in [9.17, 15) is 0 Å². The molecule has 0 amide bonds. The third-order valence-corrected chi connectivity index (χ3v) is 9.35. The average Bonchev–Trinajstić information content (AvgIpc) is 3.57. The maximum atomic E-state index is 3.63. The number of hydrogen-bond donors (Lipinski definition) is 0. The zero-order chi connectivity index (χ0) is 25.8. The number of benzene rings is 3. The number of allylic oxidation sites excluding steroid dienone is 4. The Hall–Kier alpha value is -1.57. The fourth-order valence-electron chi connectivity index (χ4n) is 3.09. The summed E-state index contributed by atoms with van der Waals surface area (Å²) < 4.78 is 0. The monoisotopic (exact) mass is 611 g/mol. The summed E-state index contributed by atoms with van der Waals surface area (Å²) in [5.41, 5.74) is 4.40. The van der Waals surface area contributed by atoms with Gasteiger partial charge in [0.05, 0.1) is 0 Å². The molecular weight excluding hydrogens is 574 g/mol. The Bertz CT molecular complexity index is 882. The van der Waals surface area contributed by atoms with Crippen molar-refractivity contribution in [2.45, 2.75) is 45.8 Å². The van der Waals surface area contributed by atoms with E-state index in [1.165, 1.54) is 11.1 Å². The minimum atomic E-state index is -0.663. The van der Waals surface area contributed by atoms with E-state index in [0.29, 0.717) is 5.04 Å². The molecule has 2 unspecified atom stereocenters. The molecule has 2 atom stereocenters. The first-order chi connectivity index (χ1) is 16.9. The largest absolute Gasteiger partial charge is 2.00 e. The van der Waals surface area contributed by atoms with Gasteiger partial charge >= 0.3 is 21.7 Å². The van der Waals surface area contributed by atoms with Gasteiger partial charge in [-0.15, -0.1) is 6.92 Å². The van der Waals surface area contributed by atoms with Crippen molar-refractivity contribution in [1.29, 1.82) is 0 Å². The Kier molecular flexibility index (Phi) is 27.7. The Balaban J connectivity index is -0.000000411. The summed E-state index contributed by atoms with van der Waals surface area (Å²) in [6.45, 7) is 13.8. The third kappa shape index (κ3) is 17.8. The number of rotatable bonds is 1. The van der Waals surface area contributed by atoms with Crippen LogP contribution in [0.4, 0.5) is 0 Å². The van der Waals surface area contributed by atoms with Gasteiger partial charge in [0, 0.05) is 8.80 Å². The zero-order valence-corrected chi connectivity index (χ0v) is 28.5. The van der Waals surface area contributed by atoms with Crippen LogP contribution in [0, 0.1) is 30.1 Å². The van der Waals surface area contributed by atoms with Crippen LogP contribution >= 0.6 is 8.19 Å². The Labute approximate surface area is 263 Å². The molecule has 5 rings (SSSR count). The maximum absolute atomic E-state index is 3.63. The van der Waals surface area contributed by atoms with Crippen LogP contribution in [-0.4, -0.2) is 8.80 Å². The first-order valence-corrected chi connectivity index (χ1v) is 15.9. The molecule has 3 aromatic carbocycles. The van der Waals surface area contributed by atoms with Crippen LogP contribution in [0.25, 0.3) is 0 Å². The van der Waals surface area contributed by atoms with Crippen molar-refractivity contribution in [3.05, 3.63) is 156 Å². The van der Waals surface area contributed by atoms with Crippen LogP contribution in [0.15, 0.2) is 126 Å². The van der Waals surface area contributed by atoms with Gasteiger partial charge in [0.15, 0.2) is 0 Å². The van der Waals surface area contributed by atoms with Gasteiger partial charge in [-0.05, 0) is 0 Å². The van der Waals surface area contributed by atoms with Crippen molar-refractivity contribution in [3.8, 4) is 0 Å². The van der Waals surface area contributed by atoms with E-state index in [1.807, 2.05) is 103 Å². The molecule has 1 aliphatic rings. The molecule has 38 heavy (non-hydrogen) atoms. The first-order valence-electron chi connectivity index (χ1n) is 11.9. The summed E-state index contributed by atoms with van der Waals surface area (Å²) >= 11 is 0. The van der Waals surface area contributed by atoms with Crippen molar-refractivity contribution in [2.75, 3.05) is 0 Å². The van der Waals surface area contributed by atoms with E-state index < -0.39 is 8.80 Å². The summed E-state index contributed by atoms with van der Waals surface area (Å²) in [7, 11) is 0.160. The van der Waals surface area contributed by atoms with Crippen molar-refractivity contribution >= 4 is 17.0 Å². The zero-order valence-electron chi connectivity index (χ0n) is 23.2. The molecule has 0 nitrogen and oxygen atoms in total. The summed E-state index contributed by atoms with van der Waals surface area (Å²) in [6.07, 6.45) is 3.63. The molecule has 0 radical (unpaired) electrons. The Morgan fingerprint density at radius 2 is 1.03 bits per heavy atom. The van der Waals surface area contributed by atoms with Gasteiger partial charge in [0.1, 0.15) is 0 Å². The molecule has 0 bridgehead atoms. The van der Waals surface area contributed by atoms with E-state index in [4.69, 9.17) is 0 Å². The fraction of sp³-hybridized carbons (Fsp3) is 0.212. The minimum absolute atomic E-state index is 0. The van der Waals surface area contributed by atoms with Gasteiger partial charge in [-0.2, -0.15) is 138 Å².